The number of quaternary nitrogens is 1. The average Bonchev–Trinajstić information content (AvgIpc) is 2.67. The van der Waals surface area contributed by atoms with E-state index >= 15 is 0 Å². The second kappa shape index (κ2) is 8.58. The SMILES string of the molecule is Cc1cc(N=Nc2ccccc2)c(C(C)C)cc1[NH+]([O-])Nc1ccccc1. The summed E-state index contributed by atoms with van der Waals surface area (Å²) >= 11 is 0. The van der Waals surface area contributed by atoms with E-state index in [1.54, 1.807) is 0 Å². The molecule has 0 bridgehead atoms. The topological polar surface area (TPSA) is 64.2 Å². The molecule has 0 saturated carbocycles. The van der Waals surface area contributed by atoms with Crippen LogP contribution in [0.1, 0.15) is 30.9 Å². The highest BCUT2D eigenvalue weighted by molar-refractivity contribution is 5.58. The molecule has 0 saturated heterocycles. The summed E-state index contributed by atoms with van der Waals surface area (Å²) in [6.07, 6.45) is 0. The maximum Gasteiger partial charge on any atom is 0.159 e. The molecule has 5 heteroatoms. The largest absolute Gasteiger partial charge is 0.603 e. The predicted molar refractivity (Wildman–Crippen MR) is 110 cm³/mol. The van der Waals surface area contributed by atoms with Crippen LogP contribution < -0.4 is 10.6 Å². The second-order valence-corrected chi connectivity index (χ2v) is 6.74. The van der Waals surface area contributed by atoms with E-state index in [9.17, 15) is 5.21 Å². The number of hydrogen-bond donors (Lipinski definition) is 2. The van der Waals surface area contributed by atoms with Crippen LogP contribution in [0.2, 0.25) is 0 Å². The number of nitrogens with zero attached hydrogens (tertiary/aromatic N) is 2. The molecule has 0 amide bonds. The molecule has 3 aromatic rings. The molecule has 0 aliphatic carbocycles. The van der Waals surface area contributed by atoms with Gasteiger partial charge in [0.2, 0.25) is 0 Å². The second-order valence-electron chi connectivity index (χ2n) is 6.74. The van der Waals surface area contributed by atoms with Crippen molar-refractivity contribution in [1.82, 2.24) is 0 Å². The Morgan fingerprint density at radius 1 is 0.889 bits per heavy atom. The van der Waals surface area contributed by atoms with Gasteiger partial charge in [0.15, 0.2) is 5.69 Å². The number of hydrogen-bond acceptors (Lipinski definition) is 4. The molecule has 0 aliphatic heterocycles. The van der Waals surface area contributed by atoms with Gasteiger partial charge in [0.25, 0.3) is 0 Å². The van der Waals surface area contributed by atoms with E-state index in [0.29, 0.717) is 5.69 Å². The van der Waals surface area contributed by atoms with E-state index in [0.717, 1.165) is 28.2 Å². The Balaban J connectivity index is 1.91. The Labute approximate surface area is 159 Å². The first-order valence-electron chi connectivity index (χ1n) is 9.02. The Morgan fingerprint density at radius 3 is 2.15 bits per heavy atom. The first-order valence-corrected chi connectivity index (χ1v) is 9.02. The first-order chi connectivity index (χ1) is 13.0. The maximum atomic E-state index is 12.7. The lowest BCUT2D eigenvalue weighted by molar-refractivity contribution is -0.750. The zero-order valence-electron chi connectivity index (χ0n) is 15.8. The molecular formula is C22H24N4O. The third-order valence-electron chi connectivity index (χ3n) is 4.30. The van der Waals surface area contributed by atoms with Crippen molar-refractivity contribution in [1.29, 1.82) is 0 Å². The molecule has 0 aromatic heterocycles. The van der Waals surface area contributed by atoms with Crippen LogP contribution in [0.3, 0.4) is 0 Å². The molecule has 0 heterocycles. The van der Waals surface area contributed by atoms with E-state index in [1.807, 2.05) is 79.7 Å². The van der Waals surface area contributed by atoms with Gasteiger partial charge < -0.3 is 5.21 Å². The Morgan fingerprint density at radius 2 is 1.52 bits per heavy atom. The van der Waals surface area contributed by atoms with Crippen molar-refractivity contribution in [3.63, 3.8) is 0 Å². The number of azo groups is 1. The minimum atomic E-state index is -0.118. The minimum Gasteiger partial charge on any atom is -0.603 e. The van der Waals surface area contributed by atoms with Crippen molar-refractivity contribution >= 4 is 22.7 Å². The quantitative estimate of drug-likeness (QED) is 0.445. The van der Waals surface area contributed by atoms with Crippen LogP contribution in [0.5, 0.6) is 0 Å². The molecule has 27 heavy (non-hydrogen) atoms. The molecule has 138 valence electrons. The fraction of sp³-hybridized carbons (Fsp3) is 0.182. The molecule has 0 radical (unpaired) electrons. The lowest BCUT2D eigenvalue weighted by Gasteiger charge is -2.25. The molecule has 0 fully saturated rings. The summed E-state index contributed by atoms with van der Waals surface area (Å²) < 4.78 is 0. The van der Waals surface area contributed by atoms with Crippen LogP contribution in [0.4, 0.5) is 22.7 Å². The molecule has 0 aliphatic rings. The standard InChI is InChI=1S/C22H24N4O/c1-16(2)20-15-22(26(27)25-19-12-8-5-9-13-19)17(3)14-21(20)24-23-18-10-6-4-7-11-18/h4-16,25-26H,1-3H3. The number of rotatable bonds is 6. The van der Waals surface area contributed by atoms with Crippen molar-refractivity contribution in [3.05, 3.63) is 89.1 Å². The average molecular weight is 360 g/mol. The summed E-state index contributed by atoms with van der Waals surface area (Å²) in [6, 6.07) is 23.0. The van der Waals surface area contributed by atoms with Crippen LogP contribution in [0.25, 0.3) is 0 Å². The number of aryl methyl sites for hydroxylation is 1. The van der Waals surface area contributed by atoms with Crippen LogP contribution >= 0.6 is 0 Å². The summed E-state index contributed by atoms with van der Waals surface area (Å²) in [5, 5.41) is 21.4. The number of para-hydroxylation sites is 1. The van der Waals surface area contributed by atoms with Gasteiger partial charge in [0.1, 0.15) is 0 Å². The molecule has 3 rings (SSSR count). The molecule has 2 N–H and O–H groups in total. The van der Waals surface area contributed by atoms with E-state index in [4.69, 9.17) is 0 Å². The van der Waals surface area contributed by atoms with Crippen molar-refractivity contribution in [2.75, 3.05) is 5.43 Å². The molecule has 1 unspecified atom stereocenters. The Kier molecular flexibility index (Phi) is 5.96. The predicted octanol–water partition coefficient (Wildman–Crippen LogP) is 5.58. The highest BCUT2D eigenvalue weighted by Crippen LogP contribution is 2.32. The van der Waals surface area contributed by atoms with Gasteiger partial charge in [-0.15, -0.1) is 0 Å². The monoisotopic (exact) mass is 360 g/mol. The molecule has 1 atom stereocenters. The summed E-state index contributed by atoms with van der Waals surface area (Å²) in [7, 11) is 0. The van der Waals surface area contributed by atoms with Crippen molar-refractivity contribution < 1.29 is 5.17 Å². The van der Waals surface area contributed by atoms with Gasteiger partial charge in [-0.2, -0.15) is 10.2 Å². The normalized spacial score (nSPS) is 12.5. The summed E-state index contributed by atoms with van der Waals surface area (Å²) in [4.78, 5) is 0. The summed E-state index contributed by atoms with van der Waals surface area (Å²) in [5.41, 5.74) is 7.85. The maximum absolute atomic E-state index is 12.7. The summed E-state index contributed by atoms with van der Waals surface area (Å²) in [5.74, 6) is 0.221. The van der Waals surface area contributed by atoms with Crippen LogP contribution in [0.15, 0.2) is 83.0 Å². The smallest absolute Gasteiger partial charge is 0.159 e. The van der Waals surface area contributed by atoms with Crippen molar-refractivity contribution in [2.45, 2.75) is 26.7 Å². The molecule has 3 aromatic carbocycles. The van der Waals surface area contributed by atoms with Gasteiger partial charge in [-0.05, 0) is 48.7 Å². The highest BCUT2D eigenvalue weighted by atomic mass is 16.5. The van der Waals surface area contributed by atoms with Crippen LogP contribution in [-0.2, 0) is 0 Å². The van der Waals surface area contributed by atoms with Gasteiger partial charge in [0, 0.05) is 11.6 Å². The van der Waals surface area contributed by atoms with Gasteiger partial charge in [-0.25, -0.2) is 10.6 Å². The first kappa shape index (κ1) is 18.8. The molecule has 0 spiro atoms. The fourth-order valence-electron chi connectivity index (χ4n) is 2.83. The molecule has 5 nitrogen and oxygen atoms in total. The van der Waals surface area contributed by atoms with E-state index in [-0.39, 0.29) is 11.1 Å². The third-order valence-corrected chi connectivity index (χ3v) is 4.30. The fourth-order valence-corrected chi connectivity index (χ4v) is 2.83. The minimum absolute atomic E-state index is 0.118. The zero-order valence-corrected chi connectivity index (χ0v) is 15.8. The zero-order chi connectivity index (χ0) is 19.2. The van der Waals surface area contributed by atoms with E-state index in [2.05, 4.69) is 29.5 Å². The number of benzene rings is 3. The molecular weight excluding hydrogens is 336 g/mol. The van der Waals surface area contributed by atoms with Crippen LogP contribution in [-0.4, -0.2) is 0 Å². The van der Waals surface area contributed by atoms with E-state index < -0.39 is 0 Å². The number of nitrogens with one attached hydrogen (secondary N) is 2. The van der Waals surface area contributed by atoms with E-state index in [1.165, 1.54) is 0 Å². The van der Waals surface area contributed by atoms with Crippen molar-refractivity contribution in [3.8, 4) is 0 Å². The Bertz CT molecular complexity index is 908. The lowest BCUT2D eigenvalue weighted by atomic mass is 9.98. The van der Waals surface area contributed by atoms with Crippen LogP contribution in [0, 0.1) is 12.1 Å². The summed E-state index contributed by atoms with van der Waals surface area (Å²) in [6.45, 7) is 6.10. The Hall–Kier alpha value is -3.02. The van der Waals surface area contributed by atoms with Crippen molar-refractivity contribution in [2.24, 2.45) is 10.2 Å². The van der Waals surface area contributed by atoms with Gasteiger partial charge in [0.05, 0.1) is 17.1 Å². The highest BCUT2D eigenvalue weighted by Gasteiger charge is 2.15. The number of anilines is 1. The lowest BCUT2D eigenvalue weighted by Crippen LogP contribution is -3.05. The van der Waals surface area contributed by atoms with Gasteiger partial charge in [-0.1, -0.05) is 50.2 Å². The van der Waals surface area contributed by atoms with Gasteiger partial charge >= 0.3 is 0 Å². The van der Waals surface area contributed by atoms with Gasteiger partial charge in [-0.3, -0.25) is 0 Å². The third kappa shape index (κ3) is 4.78.